The minimum Gasteiger partial charge on any atom is -0.481 e. The molecule has 18 heavy (non-hydrogen) atoms. The van der Waals surface area contributed by atoms with Crippen LogP contribution in [-0.2, 0) is 4.79 Å². The van der Waals surface area contributed by atoms with Gasteiger partial charge in [-0.25, -0.2) is 4.39 Å². The Kier molecular flexibility index (Phi) is 3.28. The van der Waals surface area contributed by atoms with Crippen LogP contribution in [0.3, 0.4) is 0 Å². The zero-order valence-corrected chi connectivity index (χ0v) is 9.51. The van der Waals surface area contributed by atoms with Crippen molar-refractivity contribution in [2.75, 3.05) is 5.73 Å². The van der Waals surface area contributed by atoms with Crippen molar-refractivity contribution >= 4 is 11.7 Å². The Hall–Kier alpha value is -2.36. The molecule has 2 aromatic rings. The number of nitrogens with two attached hydrogens (primary N) is 1. The van der Waals surface area contributed by atoms with Crippen molar-refractivity contribution in [3.63, 3.8) is 0 Å². The Labute approximate surface area is 104 Å². The fourth-order valence-electron chi connectivity index (χ4n) is 1.85. The van der Waals surface area contributed by atoms with E-state index < -0.39 is 17.7 Å². The van der Waals surface area contributed by atoms with Gasteiger partial charge in [0.1, 0.15) is 11.7 Å². The average Bonchev–Trinajstić information content (AvgIpc) is 2.34. The lowest BCUT2D eigenvalue weighted by atomic mass is 9.91. The second kappa shape index (κ2) is 4.87. The molecule has 1 atom stereocenters. The number of hydrogen-bond acceptors (Lipinski definition) is 2. The molecule has 0 spiro atoms. The number of benzene rings is 2. The van der Waals surface area contributed by atoms with Crippen molar-refractivity contribution in [3.05, 3.63) is 65.5 Å². The molecule has 0 aromatic heterocycles. The van der Waals surface area contributed by atoms with Gasteiger partial charge in [0.2, 0.25) is 0 Å². The molecule has 0 fully saturated rings. The molecular formula is C14H12FNO2. The van der Waals surface area contributed by atoms with Gasteiger partial charge in [0, 0.05) is 11.3 Å². The molecule has 0 amide bonds. The second-order valence-electron chi connectivity index (χ2n) is 3.96. The van der Waals surface area contributed by atoms with Gasteiger partial charge in [-0.05, 0) is 23.8 Å². The average molecular weight is 245 g/mol. The molecule has 92 valence electrons. The third kappa shape index (κ3) is 2.32. The Morgan fingerprint density at radius 1 is 1.11 bits per heavy atom. The second-order valence-corrected chi connectivity index (χ2v) is 3.96. The molecule has 0 aliphatic heterocycles. The molecule has 0 bridgehead atoms. The molecule has 2 rings (SSSR count). The van der Waals surface area contributed by atoms with Gasteiger partial charge in [-0.2, -0.15) is 0 Å². The maximum atomic E-state index is 13.7. The summed E-state index contributed by atoms with van der Waals surface area (Å²) in [5.74, 6) is -2.64. The monoisotopic (exact) mass is 245 g/mol. The van der Waals surface area contributed by atoms with Crippen LogP contribution in [0.4, 0.5) is 10.1 Å². The molecule has 3 N–H and O–H groups in total. The topological polar surface area (TPSA) is 63.3 Å². The Morgan fingerprint density at radius 3 is 2.28 bits per heavy atom. The summed E-state index contributed by atoms with van der Waals surface area (Å²) in [6.07, 6.45) is 0. The number of anilines is 1. The van der Waals surface area contributed by atoms with Gasteiger partial charge < -0.3 is 10.8 Å². The number of hydrogen-bond donors (Lipinski definition) is 2. The molecule has 0 radical (unpaired) electrons. The number of carboxylic acid groups (broad SMARTS) is 1. The quantitative estimate of drug-likeness (QED) is 0.817. The van der Waals surface area contributed by atoms with Crippen molar-refractivity contribution in [1.29, 1.82) is 0 Å². The first kappa shape index (κ1) is 12.1. The minimum atomic E-state index is -1.09. The first-order valence-electron chi connectivity index (χ1n) is 5.42. The molecular weight excluding hydrogens is 233 g/mol. The highest BCUT2D eigenvalue weighted by atomic mass is 19.1. The lowest BCUT2D eigenvalue weighted by molar-refractivity contribution is -0.137. The highest BCUT2D eigenvalue weighted by molar-refractivity contribution is 5.80. The molecule has 0 saturated heterocycles. The van der Waals surface area contributed by atoms with Crippen molar-refractivity contribution in [3.8, 4) is 0 Å². The molecule has 3 nitrogen and oxygen atoms in total. The van der Waals surface area contributed by atoms with E-state index >= 15 is 0 Å². The van der Waals surface area contributed by atoms with E-state index in [-0.39, 0.29) is 5.56 Å². The Bertz CT molecular complexity index is 566. The highest BCUT2D eigenvalue weighted by Gasteiger charge is 2.24. The zero-order chi connectivity index (χ0) is 13.1. The maximum absolute atomic E-state index is 13.7. The van der Waals surface area contributed by atoms with Crippen LogP contribution in [-0.4, -0.2) is 11.1 Å². The molecule has 1 unspecified atom stereocenters. The molecule has 0 aliphatic rings. The number of carboxylic acids is 1. The first-order chi connectivity index (χ1) is 8.59. The Balaban J connectivity index is 2.50. The van der Waals surface area contributed by atoms with Gasteiger partial charge in [0.25, 0.3) is 0 Å². The van der Waals surface area contributed by atoms with Crippen LogP contribution in [0.15, 0.2) is 48.5 Å². The molecule has 0 saturated carbocycles. The van der Waals surface area contributed by atoms with Crippen LogP contribution >= 0.6 is 0 Å². The van der Waals surface area contributed by atoms with Gasteiger partial charge >= 0.3 is 5.97 Å². The van der Waals surface area contributed by atoms with Crippen molar-refractivity contribution in [1.82, 2.24) is 0 Å². The summed E-state index contributed by atoms with van der Waals surface area (Å²) < 4.78 is 13.7. The summed E-state index contributed by atoms with van der Waals surface area (Å²) >= 11 is 0. The van der Waals surface area contributed by atoms with E-state index in [1.54, 1.807) is 30.3 Å². The normalized spacial score (nSPS) is 12.1. The van der Waals surface area contributed by atoms with E-state index in [4.69, 9.17) is 5.73 Å². The fraction of sp³-hybridized carbons (Fsp3) is 0.0714. The van der Waals surface area contributed by atoms with Crippen LogP contribution in [0.2, 0.25) is 0 Å². The summed E-state index contributed by atoms with van der Waals surface area (Å²) in [5, 5.41) is 9.28. The van der Waals surface area contributed by atoms with Gasteiger partial charge in [0.15, 0.2) is 0 Å². The summed E-state index contributed by atoms with van der Waals surface area (Å²) in [5.41, 5.74) is 6.74. The number of halogens is 1. The number of carbonyl (C=O) groups is 1. The van der Waals surface area contributed by atoms with Crippen LogP contribution < -0.4 is 5.73 Å². The van der Waals surface area contributed by atoms with Crippen LogP contribution in [0, 0.1) is 5.82 Å². The maximum Gasteiger partial charge on any atom is 0.315 e. The molecule has 4 heteroatoms. The SMILES string of the molecule is Nc1ccc(C(C(=O)O)c2ccccc2F)cc1. The minimum absolute atomic E-state index is 0.148. The molecule has 2 aromatic carbocycles. The van der Waals surface area contributed by atoms with E-state index in [0.29, 0.717) is 11.3 Å². The summed E-state index contributed by atoms with van der Waals surface area (Å²) in [6, 6.07) is 12.3. The summed E-state index contributed by atoms with van der Waals surface area (Å²) in [7, 11) is 0. The van der Waals surface area contributed by atoms with Crippen molar-refractivity contribution in [2.45, 2.75) is 5.92 Å². The lowest BCUT2D eigenvalue weighted by Gasteiger charge is -2.14. The van der Waals surface area contributed by atoms with E-state index in [0.717, 1.165) is 0 Å². The molecule has 0 aliphatic carbocycles. The predicted octanol–water partition coefficient (Wildman–Crippen LogP) is 2.62. The van der Waals surface area contributed by atoms with Crippen LogP contribution in [0.25, 0.3) is 0 Å². The smallest absolute Gasteiger partial charge is 0.315 e. The third-order valence-corrected chi connectivity index (χ3v) is 2.73. The van der Waals surface area contributed by atoms with E-state index in [9.17, 15) is 14.3 Å². The summed E-state index contributed by atoms with van der Waals surface area (Å²) in [4.78, 5) is 11.3. The fourth-order valence-corrected chi connectivity index (χ4v) is 1.85. The van der Waals surface area contributed by atoms with Gasteiger partial charge in [-0.1, -0.05) is 30.3 Å². The Morgan fingerprint density at radius 2 is 1.72 bits per heavy atom. The largest absolute Gasteiger partial charge is 0.481 e. The number of aliphatic carboxylic acids is 1. The van der Waals surface area contributed by atoms with E-state index in [1.807, 2.05) is 0 Å². The highest BCUT2D eigenvalue weighted by Crippen LogP contribution is 2.27. The number of rotatable bonds is 3. The third-order valence-electron chi connectivity index (χ3n) is 2.73. The molecule has 0 heterocycles. The summed E-state index contributed by atoms with van der Waals surface area (Å²) in [6.45, 7) is 0. The van der Waals surface area contributed by atoms with Crippen LogP contribution in [0.1, 0.15) is 17.0 Å². The first-order valence-corrected chi connectivity index (χ1v) is 5.42. The van der Waals surface area contributed by atoms with Gasteiger partial charge in [-0.15, -0.1) is 0 Å². The van der Waals surface area contributed by atoms with Gasteiger partial charge in [-0.3, -0.25) is 4.79 Å². The van der Waals surface area contributed by atoms with Gasteiger partial charge in [0.05, 0.1) is 0 Å². The standard InChI is InChI=1S/C14H12FNO2/c15-12-4-2-1-3-11(12)13(14(17)18)9-5-7-10(16)8-6-9/h1-8,13H,16H2,(H,17,18). The van der Waals surface area contributed by atoms with E-state index in [1.165, 1.54) is 18.2 Å². The van der Waals surface area contributed by atoms with Crippen molar-refractivity contribution in [2.24, 2.45) is 0 Å². The van der Waals surface area contributed by atoms with Crippen molar-refractivity contribution < 1.29 is 14.3 Å². The van der Waals surface area contributed by atoms with E-state index in [2.05, 4.69) is 0 Å². The lowest BCUT2D eigenvalue weighted by Crippen LogP contribution is -2.14. The van der Waals surface area contributed by atoms with Crippen LogP contribution in [0.5, 0.6) is 0 Å². The number of nitrogen functional groups attached to an aromatic ring is 1. The predicted molar refractivity (Wildman–Crippen MR) is 66.7 cm³/mol. The zero-order valence-electron chi connectivity index (χ0n) is 9.51.